The molecule has 0 aliphatic rings. The molecule has 7 nitrogen and oxygen atoms in total. The second kappa shape index (κ2) is 7.00. The third kappa shape index (κ3) is 4.66. The van der Waals surface area contributed by atoms with Crippen molar-refractivity contribution in [3.8, 4) is 0 Å². The molecule has 1 aromatic rings. The van der Waals surface area contributed by atoms with Gasteiger partial charge in [0.2, 0.25) is 6.29 Å². The van der Waals surface area contributed by atoms with Crippen LogP contribution < -0.4 is 5.32 Å². The molecule has 100 valence electrons. The number of nitroso groups, excluding NO2 is 1. The van der Waals surface area contributed by atoms with Crippen molar-refractivity contribution < 1.29 is 19.5 Å². The zero-order valence-electron chi connectivity index (χ0n) is 9.91. The molecule has 0 saturated heterocycles. The highest BCUT2D eigenvalue weighted by Crippen LogP contribution is 2.24. The molecule has 2 N–H and O–H groups in total. The Morgan fingerprint density at radius 3 is 2.42 bits per heavy atom. The third-order valence-corrected chi connectivity index (χ3v) is 2.43. The van der Waals surface area contributed by atoms with E-state index < -0.39 is 17.9 Å². The minimum Gasteiger partial charge on any atom is -0.481 e. The number of carboxylic acid groups (broad SMARTS) is 1. The fourth-order valence-corrected chi connectivity index (χ4v) is 1.50. The summed E-state index contributed by atoms with van der Waals surface area (Å²) in [5.41, 5.74) is 0.962. The Morgan fingerprint density at radius 2 is 1.95 bits per heavy atom. The monoisotopic (exact) mass is 264 g/mol. The first-order valence-corrected chi connectivity index (χ1v) is 5.47. The van der Waals surface area contributed by atoms with Crippen LogP contribution in [0.5, 0.6) is 0 Å². The number of benzene rings is 1. The van der Waals surface area contributed by atoms with Crippen LogP contribution in [0.15, 0.2) is 29.4 Å². The summed E-state index contributed by atoms with van der Waals surface area (Å²) < 4.78 is 0. The topological polar surface area (TPSA) is 113 Å². The summed E-state index contributed by atoms with van der Waals surface area (Å²) in [6, 6.07) is 5.38. The van der Waals surface area contributed by atoms with E-state index in [1.807, 2.05) is 0 Å². The standard InChI is InChI=1S/C12H12N2O5/c15-7-11(16)13-9-3-1-8(2-4-9)10(14-19)5-6-12(17)18/h1-4,7,10H,5-6H2,(H,13,16)(H,17,18). The first-order valence-electron chi connectivity index (χ1n) is 5.47. The average molecular weight is 264 g/mol. The fourth-order valence-electron chi connectivity index (χ4n) is 1.50. The smallest absolute Gasteiger partial charge is 0.303 e. The average Bonchev–Trinajstić information content (AvgIpc) is 2.40. The number of nitrogens with zero attached hydrogens (tertiary/aromatic N) is 1. The van der Waals surface area contributed by atoms with E-state index in [1.54, 1.807) is 12.1 Å². The van der Waals surface area contributed by atoms with Crippen molar-refractivity contribution in [2.45, 2.75) is 18.9 Å². The van der Waals surface area contributed by atoms with Crippen molar-refractivity contribution in [3.05, 3.63) is 34.7 Å². The molecule has 1 atom stereocenters. The van der Waals surface area contributed by atoms with Gasteiger partial charge in [-0.25, -0.2) is 0 Å². The van der Waals surface area contributed by atoms with Gasteiger partial charge in [-0.2, -0.15) is 4.91 Å². The molecule has 1 amide bonds. The minimum atomic E-state index is -0.997. The fraction of sp³-hybridized carbons (Fsp3) is 0.250. The Morgan fingerprint density at radius 1 is 1.32 bits per heavy atom. The Balaban J connectivity index is 2.72. The number of anilines is 1. The normalized spacial score (nSPS) is 11.4. The predicted octanol–water partition coefficient (Wildman–Crippen LogP) is 1.50. The number of carbonyl (C=O) groups excluding carboxylic acids is 2. The Bertz CT molecular complexity index is 483. The van der Waals surface area contributed by atoms with Gasteiger partial charge in [-0.15, -0.1) is 0 Å². The second-order valence-electron chi connectivity index (χ2n) is 3.78. The van der Waals surface area contributed by atoms with Crippen molar-refractivity contribution in [3.63, 3.8) is 0 Å². The van der Waals surface area contributed by atoms with Crippen LogP contribution in [0.3, 0.4) is 0 Å². The van der Waals surface area contributed by atoms with Gasteiger partial charge in [-0.05, 0) is 24.1 Å². The molecule has 0 saturated carbocycles. The van der Waals surface area contributed by atoms with Crippen LogP contribution in [0.1, 0.15) is 24.4 Å². The molecule has 0 aromatic heterocycles. The Kier molecular flexibility index (Phi) is 5.34. The van der Waals surface area contributed by atoms with E-state index in [0.717, 1.165) is 0 Å². The molecule has 0 aliphatic heterocycles. The Hall–Kier alpha value is -2.57. The Labute approximate surface area is 108 Å². The number of hydrogen-bond donors (Lipinski definition) is 2. The van der Waals surface area contributed by atoms with Crippen LogP contribution >= 0.6 is 0 Å². The molecule has 19 heavy (non-hydrogen) atoms. The van der Waals surface area contributed by atoms with Gasteiger partial charge in [0, 0.05) is 12.1 Å². The number of carbonyl (C=O) groups is 3. The zero-order chi connectivity index (χ0) is 14.3. The summed E-state index contributed by atoms with van der Waals surface area (Å²) in [5.74, 6) is -1.77. The molecular formula is C12H12N2O5. The SMILES string of the molecule is O=CC(=O)Nc1ccc(C(CCC(=O)O)N=O)cc1. The predicted molar refractivity (Wildman–Crippen MR) is 66.5 cm³/mol. The van der Waals surface area contributed by atoms with E-state index >= 15 is 0 Å². The van der Waals surface area contributed by atoms with Gasteiger partial charge in [0.15, 0.2) is 0 Å². The number of rotatable bonds is 7. The molecule has 0 spiro atoms. The van der Waals surface area contributed by atoms with E-state index in [4.69, 9.17) is 5.11 Å². The van der Waals surface area contributed by atoms with Crippen LogP contribution in [-0.4, -0.2) is 23.3 Å². The van der Waals surface area contributed by atoms with Crippen molar-refractivity contribution in [2.24, 2.45) is 5.18 Å². The van der Waals surface area contributed by atoms with Crippen LogP contribution in [0.25, 0.3) is 0 Å². The van der Waals surface area contributed by atoms with Gasteiger partial charge in [-0.1, -0.05) is 17.3 Å². The lowest BCUT2D eigenvalue weighted by atomic mass is 10.0. The van der Waals surface area contributed by atoms with Crippen LogP contribution in [0, 0.1) is 4.91 Å². The number of carboxylic acids is 1. The number of aldehydes is 1. The lowest BCUT2D eigenvalue weighted by molar-refractivity contribution is -0.137. The zero-order valence-corrected chi connectivity index (χ0v) is 9.91. The molecule has 7 heteroatoms. The molecule has 1 rings (SSSR count). The van der Waals surface area contributed by atoms with Gasteiger partial charge in [0.05, 0.1) is 0 Å². The number of hydrogen-bond acceptors (Lipinski definition) is 5. The summed E-state index contributed by atoms with van der Waals surface area (Å²) in [4.78, 5) is 42.1. The van der Waals surface area contributed by atoms with E-state index in [0.29, 0.717) is 11.3 Å². The molecule has 1 unspecified atom stereocenters. The van der Waals surface area contributed by atoms with Crippen molar-refractivity contribution in [1.82, 2.24) is 0 Å². The summed E-state index contributed by atoms with van der Waals surface area (Å²) in [6.45, 7) is 0. The number of nitrogens with one attached hydrogen (secondary N) is 1. The van der Waals surface area contributed by atoms with Gasteiger partial charge >= 0.3 is 5.97 Å². The molecule has 0 bridgehead atoms. The maximum absolute atomic E-state index is 10.8. The van der Waals surface area contributed by atoms with Gasteiger partial charge in [-0.3, -0.25) is 14.4 Å². The number of aliphatic carboxylic acids is 1. The quantitative estimate of drug-likeness (QED) is 0.440. The molecule has 0 radical (unpaired) electrons. The lowest BCUT2D eigenvalue weighted by Crippen LogP contribution is -2.12. The van der Waals surface area contributed by atoms with Crippen molar-refractivity contribution in [1.29, 1.82) is 0 Å². The van der Waals surface area contributed by atoms with Gasteiger partial charge in [0.25, 0.3) is 5.91 Å². The summed E-state index contributed by atoms with van der Waals surface area (Å²) in [6.07, 6.45) is 0.107. The molecule has 0 aliphatic carbocycles. The number of amides is 1. The largest absolute Gasteiger partial charge is 0.481 e. The van der Waals surface area contributed by atoms with Gasteiger partial charge < -0.3 is 10.4 Å². The molecule has 0 fully saturated rings. The van der Waals surface area contributed by atoms with Crippen LogP contribution in [0.4, 0.5) is 5.69 Å². The summed E-state index contributed by atoms with van der Waals surface area (Å²) >= 11 is 0. The van der Waals surface area contributed by atoms with Crippen LogP contribution in [0.2, 0.25) is 0 Å². The first-order chi connectivity index (χ1) is 9.06. The first kappa shape index (κ1) is 14.5. The molecule has 0 heterocycles. The van der Waals surface area contributed by atoms with Crippen LogP contribution in [-0.2, 0) is 14.4 Å². The van der Waals surface area contributed by atoms with E-state index in [1.165, 1.54) is 12.1 Å². The van der Waals surface area contributed by atoms with Crippen molar-refractivity contribution >= 4 is 23.9 Å². The molecular weight excluding hydrogens is 252 g/mol. The minimum absolute atomic E-state index is 0.110. The highest BCUT2D eigenvalue weighted by atomic mass is 16.4. The third-order valence-electron chi connectivity index (χ3n) is 2.43. The molecule has 1 aromatic carbocycles. The highest BCUT2D eigenvalue weighted by molar-refractivity contribution is 6.29. The maximum atomic E-state index is 10.8. The highest BCUT2D eigenvalue weighted by Gasteiger charge is 2.13. The second-order valence-corrected chi connectivity index (χ2v) is 3.78. The van der Waals surface area contributed by atoms with E-state index in [-0.39, 0.29) is 19.1 Å². The maximum Gasteiger partial charge on any atom is 0.303 e. The lowest BCUT2D eigenvalue weighted by Gasteiger charge is -2.09. The van der Waals surface area contributed by atoms with E-state index in [9.17, 15) is 19.3 Å². The van der Waals surface area contributed by atoms with Gasteiger partial charge in [0.1, 0.15) is 6.04 Å². The summed E-state index contributed by atoms with van der Waals surface area (Å²) in [5, 5.41) is 13.7. The van der Waals surface area contributed by atoms with Crippen molar-refractivity contribution in [2.75, 3.05) is 5.32 Å². The van der Waals surface area contributed by atoms with E-state index in [2.05, 4.69) is 10.5 Å². The summed E-state index contributed by atoms with van der Waals surface area (Å²) in [7, 11) is 0.